The summed E-state index contributed by atoms with van der Waals surface area (Å²) in [6.45, 7) is 2.09. The average molecular weight is 274 g/mol. The number of hydrazone groups is 1. The number of phenols is 1. The molecule has 0 saturated heterocycles. The van der Waals surface area contributed by atoms with Gasteiger partial charge in [0.2, 0.25) is 0 Å². The summed E-state index contributed by atoms with van der Waals surface area (Å²) in [4.78, 5) is 14.0. The van der Waals surface area contributed by atoms with Gasteiger partial charge < -0.3 is 5.11 Å². The molecule has 98 valence electrons. The standard InChI is InChI=1S/C14H14N2O2S/c1-2-10-7-8-11(19-10)9-15-16-14(18)12-5-3-4-6-13(12)17/h3-9,17H,2H2,1H3,(H,16,18). The second-order valence-electron chi connectivity index (χ2n) is 3.87. The van der Waals surface area contributed by atoms with Crippen molar-refractivity contribution in [1.82, 2.24) is 5.43 Å². The van der Waals surface area contributed by atoms with Gasteiger partial charge in [-0.2, -0.15) is 5.10 Å². The molecule has 2 rings (SSSR count). The fraction of sp³-hybridized carbons (Fsp3) is 0.143. The predicted molar refractivity (Wildman–Crippen MR) is 76.9 cm³/mol. The third kappa shape index (κ3) is 3.42. The zero-order valence-electron chi connectivity index (χ0n) is 10.5. The minimum absolute atomic E-state index is 0.0559. The van der Waals surface area contributed by atoms with Crippen molar-refractivity contribution in [2.75, 3.05) is 0 Å². The highest BCUT2D eigenvalue weighted by atomic mass is 32.1. The number of aromatic hydroxyl groups is 1. The van der Waals surface area contributed by atoms with Crippen LogP contribution in [0.5, 0.6) is 5.75 Å². The first-order valence-corrected chi connectivity index (χ1v) is 6.72. The molecule has 19 heavy (non-hydrogen) atoms. The number of carbonyl (C=O) groups is 1. The number of nitrogens with zero attached hydrogens (tertiary/aromatic N) is 1. The Labute approximate surface area is 115 Å². The van der Waals surface area contributed by atoms with Crippen LogP contribution >= 0.6 is 11.3 Å². The molecule has 0 saturated carbocycles. The van der Waals surface area contributed by atoms with Crippen molar-refractivity contribution in [1.29, 1.82) is 0 Å². The van der Waals surface area contributed by atoms with Crippen molar-refractivity contribution in [3.63, 3.8) is 0 Å². The van der Waals surface area contributed by atoms with Crippen LogP contribution in [0.15, 0.2) is 41.5 Å². The number of benzene rings is 1. The number of amides is 1. The number of thiophene rings is 1. The highest BCUT2D eigenvalue weighted by Crippen LogP contribution is 2.16. The van der Waals surface area contributed by atoms with Crippen molar-refractivity contribution >= 4 is 23.5 Å². The molecule has 1 amide bonds. The zero-order valence-corrected chi connectivity index (χ0v) is 11.3. The van der Waals surface area contributed by atoms with E-state index in [9.17, 15) is 9.90 Å². The molecule has 0 fully saturated rings. The molecule has 4 nitrogen and oxygen atoms in total. The summed E-state index contributed by atoms with van der Waals surface area (Å²) < 4.78 is 0. The lowest BCUT2D eigenvalue weighted by Gasteiger charge is -2.01. The molecular weight excluding hydrogens is 260 g/mol. The van der Waals surface area contributed by atoms with E-state index < -0.39 is 5.91 Å². The van der Waals surface area contributed by atoms with Crippen LogP contribution in [0.4, 0.5) is 0 Å². The molecule has 0 aliphatic rings. The minimum Gasteiger partial charge on any atom is -0.507 e. The third-order valence-electron chi connectivity index (χ3n) is 2.54. The summed E-state index contributed by atoms with van der Waals surface area (Å²) in [6, 6.07) is 10.3. The van der Waals surface area contributed by atoms with E-state index in [1.54, 1.807) is 35.8 Å². The molecule has 1 aromatic heterocycles. The molecule has 0 spiro atoms. The first kappa shape index (κ1) is 13.3. The number of hydrogen-bond acceptors (Lipinski definition) is 4. The molecule has 0 radical (unpaired) electrons. The Bertz CT molecular complexity index is 605. The molecule has 2 aromatic rings. The largest absolute Gasteiger partial charge is 0.507 e. The summed E-state index contributed by atoms with van der Waals surface area (Å²) >= 11 is 1.63. The van der Waals surface area contributed by atoms with Gasteiger partial charge in [0.25, 0.3) is 5.91 Å². The van der Waals surface area contributed by atoms with E-state index in [2.05, 4.69) is 17.5 Å². The molecule has 0 atom stereocenters. The zero-order chi connectivity index (χ0) is 13.7. The van der Waals surface area contributed by atoms with E-state index in [4.69, 9.17) is 0 Å². The van der Waals surface area contributed by atoms with Crippen molar-refractivity contribution in [2.45, 2.75) is 13.3 Å². The molecular formula is C14H14N2O2S. The second kappa shape index (κ2) is 6.15. The lowest BCUT2D eigenvalue weighted by atomic mass is 10.2. The molecule has 1 aromatic carbocycles. The van der Waals surface area contributed by atoms with Gasteiger partial charge in [-0.1, -0.05) is 19.1 Å². The summed E-state index contributed by atoms with van der Waals surface area (Å²) in [5.74, 6) is -0.485. The third-order valence-corrected chi connectivity index (χ3v) is 3.70. The summed E-state index contributed by atoms with van der Waals surface area (Å²) in [5, 5.41) is 13.4. The Hall–Kier alpha value is -2.14. The maximum atomic E-state index is 11.7. The van der Waals surface area contributed by atoms with Gasteiger partial charge in [0.15, 0.2) is 0 Å². The number of phenolic OH excluding ortho intramolecular Hbond substituents is 1. The van der Waals surface area contributed by atoms with E-state index in [-0.39, 0.29) is 11.3 Å². The van der Waals surface area contributed by atoms with Gasteiger partial charge in [-0.25, -0.2) is 5.43 Å². The molecule has 0 aliphatic heterocycles. The summed E-state index contributed by atoms with van der Waals surface area (Å²) in [5.41, 5.74) is 2.60. The summed E-state index contributed by atoms with van der Waals surface area (Å²) in [6.07, 6.45) is 2.59. The first-order valence-electron chi connectivity index (χ1n) is 5.91. The van der Waals surface area contributed by atoms with Crippen LogP contribution in [-0.2, 0) is 6.42 Å². The van der Waals surface area contributed by atoms with Gasteiger partial charge in [-0.05, 0) is 30.7 Å². The Kier molecular flexibility index (Phi) is 4.30. The smallest absolute Gasteiger partial charge is 0.275 e. The normalized spacial score (nSPS) is 10.8. The Morgan fingerprint density at radius 1 is 1.37 bits per heavy atom. The van der Waals surface area contributed by atoms with Crippen LogP contribution in [0.3, 0.4) is 0 Å². The number of para-hydroxylation sites is 1. The molecule has 2 N–H and O–H groups in total. The van der Waals surface area contributed by atoms with Gasteiger partial charge in [0.05, 0.1) is 11.8 Å². The van der Waals surface area contributed by atoms with Crippen LogP contribution in [-0.4, -0.2) is 17.2 Å². The van der Waals surface area contributed by atoms with Gasteiger partial charge in [-0.15, -0.1) is 11.3 Å². The van der Waals surface area contributed by atoms with Crippen LogP contribution in [0.1, 0.15) is 27.0 Å². The Balaban J connectivity index is 1.99. The number of hydrogen-bond donors (Lipinski definition) is 2. The minimum atomic E-state index is -0.429. The average Bonchev–Trinajstić information content (AvgIpc) is 2.87. The topological polar surface area (TPSA) is 61.7 Å². The van der Waals surface area contributed by atoms with Crippen molar-refractivity contribution in [3.8, 4) is 5.75 Å². The van der Waals surface area contributed by atoms with E-state index in [0.29, 0.717) is 0 Å². The lowest BCUT2D eigenvalue weighted by molar-refractivity contribution is 0.0952. The maximum absolute atomic E-state index is 11.7. The quantitative estimate of drug-likeness (QED) is 0.665. The highest BCUT2D eigenvalue weighted by molar-refractivity contribution is 7.13. The van der Waals surface area contributed by atoms with Gasteiger partial charge >= 0.3 is 0 Å². The van der Waals surface area contributed by atoms with Crippen LogP contribution in [0.25, 0.3) is 0 Å². The van der Waals surface area contributed by atoms with Gasteiger partial charge in [0, 0.05) is 9.75 Å². The first-order chi connectivity index (χ1) is 9.20. The number of carbonyl (C=O) groups excluding carboxylic acids is 1. The number of rotatable bonds is 4. The van der Waals surface area contributed by atoms with Crippen molar-refractivity contribution in [3.05, 3.63) is 51.7 Å². The monoisotopic (exact) mass is 274 g/mol. The molecule has 1 heterocycles. The Morgan fingerprint density at radius 2 is 2.16 bits per heavy atom. The fourth-order valence-corrected chi connectivity index (χ4v) is 2.36. The van der Waals surface area contributed by atoms with E-state index in [1.807, 2.05) is 12.1 Å². The highest BCUT2D eigenvalue weighted by Gasteiger charge is 2.08. The van der Waals surface area contributed by atoms with Crippen LogP contribution < -0.4 is 5.43 Å². The van der Waals surface area contributed by atoms with Gasteiger partial charge in [0.1, 0.15) is 5.75 Å². The molecule has 0 bridgehead atoms. The summed E-state index contributed by atoms with van der Waals surface area (Å²) in [7, 11) is 0. The molecule has 0 aliphatic carbocycles. The van der Waals surface area contributed by atoms with Crippen molar-refractivity contribution in [2.24, 2.45) is 5.10 Å². The van der Waals surface area contributed by atoms with Gasteiger partial charge in [-0.3, -0.25) is 4.79 Å². The predicted octanol–water partition coefficient (Wildman–Crippen LogP) is 2.78. The molecule has 5 heteroatoms. The van der Waals surface area contributed by atoms with E-state index in [1.165, 1.54) is 10.9 Å². The Morgan fingerprint density at radius 3 is 2.84 bits per heavy atom. The maximum Gasteiger partial charge on any atom is 0.275 e. The fourth-order valence-electron chi connectivity index (χ4n) is 1.53. The molecule has 0 unspecified atom stereocenters. The van der Waals surface area contributed by atoms with Crippen LogP contribution in [0, 0.1) is 0 Å². The van der Waals surface area contributed by atoms with Crippen molar-refractivity contribution < 1.29 is 9.90 Å². The van der Waals surface area contributed by atoms with E-state index in [0.717, 1.165) is 11.3 Å². The number of nitrogens with one attached hydrogen (secondary N) is 1. The van der Waals surface area contributed by atoms with E-state index >= 15 is 0 Å². The SMILES string of the molecule is CCc1ccc(C=NNC(=O)c2ccccc2O)s1. The van der Waals surface area contributed by atoms with Crippen LogP contribution in [0.2, 0.25) is 0 Å². The number of aryl methyl sites for hydroxylation is 1. The second-order valence-corrected chi connectivity index (χ2v) is 5.07. The lowest BCUT2D eigenvalue weighted by Crippen LogP contribution is -2.17.